The Morgan fingerprint density at radius 1 is 1.18 bits per heavy atom. The molecule has 0 saturated heterocycles. The molecule has 2 aromatic rings. The van der Waals surface area contributed by atoms with Crippen LogP contribution in [0.15, 0.2) is 59.6 Å². The molecule has 0 spiro atoms. The van der Waals surface area contributed by atoms with Gasteiger partial charge in [0.05, 0.1) is 7.11 Å². The lowest BCUT2D eigenvalue weighted by atomic mass is 9.84. The lowest BCUT2D eigenvalue weighted by Crippen LogP contribution is -2.40. The van der Waals surface area contributed by atoms with E-state index < -0.39 is 5.54 Å². The van der Waals surface area contributed by atoms with E-state index in [0.29, 0.717) is 12.2 Å². The number of aliphatic imine (C=N–C) groups is 1. The van der Waals surface area contributed by atoms with Crippen LogP contribution >= 0.6 is 0 Å². The van der Waals surface area contributed by atoms with Gasteiger partial charge in [0, 0.05) is 6.42 Å². The molecule has 1 amide bonds. The lowest BCUT2D eigenvalue weighted by Gasteiger charge is -2.24. The minimum atomic E-state index is -1.06. The topological polar surface area (TPSA) is 76.7 Å². The predicted octanol–water partition coefficient (Wildman–Crippen LogP) is 1.58. The van der Waals surface area contributed by atoms with Crippen molar-refractivity contribution in [1.82, 2.24) is 5.32 Å². The van der Waals surface area contributed by atoms with Crippen LogP contribution in [0.2, 0.25) is 0 Å². The molecule has 0 radical (unpaired) electrons. The van der Waals surface area contributed by atoms with Crippen molar-refractivity contribution in [2.75, 3.05) is 7.11 Å². The summed E-state index contributed by atoms with van der Waals surface area (Å²) in [6.07, 6.45) is 0.438. The number of ether oxygens (including phenoxy) is 1. The van der Waals surface area contributed by atoms with Gasteiger partial charge in [-0.2, -0.15) is 0 Å². The third-order valence-corrected chi connectivity index (χ3v) is 3.78. The zero-order valence-corrected chi connectivity index (χ0v) is 12.2. The molecule has 1 heterocycles. The molecule has 0 fully saturated rings. The summed E-state index contributed by atoms with van der Waals surface area (Å²) >= 11 is 0. The summed E-state index contributed by atoms with van der Waals surface area (Å²) in [6, 6.07) is 17.1. The number of nitrogens with zero attached hydrogens (tertiary/aromatic N) is 1. The Hall–Kier alpha value is -2.82. The summed E-state index contributed by atoms with van der Waals surface area (Å²) in [5.41, 5.74) is 6.46. The van der Waals surface area contributed by atoms with Crippen LogP contribution in [0.1, 0.15) is 11.1 Å². The molecule has 0 aromatic heterocycles. The summed E-state index contributed by atoms with van der Waals surface area (Å²) in [6.45, 7) is 0. The number of nitrogens with two attached hydrogens (primary N) is 1. The van der Waals surface area contributed by atoms with Gasteiger partial charge in [-0.1, -0.05) is 42.5 Å². The van der Waals surface area contributed by atoms with Crippen molar-refractivity contribution in [3.05, 3.63) is 65.7 Å². The summed E-state index contributed by atoms with van der Waals surface area (Å²) in [5, 5.41) is 2.61. The molecule has 2 aromatic carbocycles. The number of rotatable bonds is 4. The summed E-state index contributed by atoms with van der Waals surface area (Å²) in [7, 11) is 1.59. The fourth-order valence-corrected chi connectivity index (χ4v) is 2.69. The molecular formula is C17H17N3O2. The number of carbonyl (C=O) groups is 1. The number of amides is 1. The third-order valence-electron chi connectivity index (χ3n) is 3.78. The molecule has 5 nitrogen and oxygen atoms in total. The second kappa shape index (κ2) is 5.52. The SMILES string of the molecule is COc1cccc([C@]2(Cc3ccccc3)N=C(N)NC2=O)c1. The highest BCUT2D eigenvalue weighted by Gasteiger charge is 2.45. The Morgan fingerprint density at radius 2 is 1.95 bits per heavy atom. The highest BCUT2D eigenvalue weighted by molar-refractivity contribution is 6.07. The van der Waals surface area contributed by atoms with Gasteiger partial charge in [-0.25, -0.2) is 4.99 Å². The highest BCUT2D eigenvalue weighted by Crippen LogP contribution is 2.34. The smallest absolute Gasteiger partial charge is 0.259 e. The summed E-state index contributed by atoms with van der Waals surface area (Å²) in [5.74, 6) is 0.601. The van der Waals surface area contributed by atoms with E-state index in [1.807, 2.05) is 54.6 Å². The van der Waals surface area contributed by atoms with Gasteiger partial charge in [0.2, 0.25) is 0 Å². The normalized spacial score (nSPS) is 20.4. The summed E-state index contributed by atoms with van der Waals surface area (Å²) in [4.78, 5) is 17.0. The Balaban J connectivity index is 2.09. The minimum Gasteiger partial charge on any atom is -0.497 e. The maximum atomic E-state index is 12.6. The van der Waals surface area contributed by atoms with E-state index in [9.17, 15) is 4.79 Å². The van der Waals surface area contributed by atoms with Gasteiger partial charge in [0.1, 0.15) is 5.75 Å². The number of hydrogen-bond donors (Lipinski definition) is 2. The minimum absolute atomic E-state index is 0.142. The van der Waals surface area contributed by atoms with Gasteiger partial charge >= 0.3 is 0 Å². The van der Waals surface area contributed by atoms with E-state index >= 15 is 0 Å². The number of carbonyl (C=O) groups excluding carboxylic acids is 1. The number of nitrogens with one attached hydrogen (secondary N) is 1. The van der Waals surface area contributed by atoms with Crippen molar-refractivity contribution >= 4 is 11.9 Å². The molecule has 1 aliphatic rings. The first-order valence-electron chi connectivity index (χ1n) is 6.99. The molecule has 0 bridgehead atoms. The molecule has 22 heavy (non-hydrogen) atoms. The quantitative estimate of drug-likeness (QED) is 0.899. The number of guanidine groups is 1. The van der Waals surface area contributed by atoms with Crippen LogP contribution < -0.4 is 15.8 Å². The van der Waals surface area contributed by atoms with Crippen molar-refractivity contribution in [2.45, 2.75) is 12.0 Å². The van der Waals surface area contributed by atoms with Crippen LogP contribution in [0.5, 0.6) is 5.75 Å². The first-order valence-corrected chi connectivity index (χ1v) is 6.99. The van der Waals surface area contributed by atoms with Crippen molar-refractivity contribution in [3.8, 4) is 5.75 Å². The second-order valence-electron chi connectivity index (χ2n) is 5.21. The van der Waals surface area contributed by atoms with Gasteiger partial charge < -0.3 is 10.5 Å². The van der Waals surface area contributed by atoms with E-state index in [1.54, 1.807) is 7.11 Å². The maximum absolute atomic E-state index is 12.6. The second-order valence-corrected chi connectivity index (χ2v) is 5.21. The van der Waals surface area contributed by atoms with Crippen LogP contribution in [0.25, 0.3) is 0 Å². The molecule has 0 unspecified atom stereocenters. The Morgan fingerprint density at radius 3 is 2.59 bits per heavy atom. The Bertz CT molecular complexity index is 728. The maximum Gasteiger partial charge on any atom is 0.259 e. The number of hydrogen-bond acceptors (Lipinski definition) is 4. The largest absolute Gasteiger partial charge is 0.497 e. The van der Waals surface area contributed by atoms with Crippen LogP contribution in [0, 0.1) is 0 Å². The third kappa shape index (κ3) is 2.41. The van der Waals surface area contributed by atoms with Crippen molar-refractivity contribution < 1.29 is 9.53 Å². The molecule has 1 aliphatic heterocycles. The van der Waals surface area contributed by atoms with Crippen LogP contribution in [0.4, 0.5) is 0 Å². The average molecular weight is 295 g/mol. The fourth-order valence-electron chi connectivity index (χ4n) is 2.69. The van der Waals surface area contributed by atoms with Crippen molar-refractivity contribution in [3.63, 3.8) is 0 Å². The molecular weight excluding hydrogens is 278 g/mol. The van der Waals surface area contributed by atoms with Crippen molar-refractivity contribution in [1.29, 1.82) is 0 Å². The first-order chi connectivity index (χ1) is 10.6. The molecule has 5 heteroatoms. The standard InChI is InChI=1S/C17H17N3O2/c1-22-14-9-5-8-13(10-14)17(15(21)19-16(18)20-17)11-12-6-3-2-4-7-12/h2-10H,11H2,1H3,(H3,18,19,20,21)/t17-/m0/s1. The van der Waals surface area contributed by atoms with E-state index in [1.165, 1.54) is 0 Å². The van der Waals surface area contributed by atoms with E-state index in [2.05, 4.69) is 10.3 Å². The Kier molecular flexibility index (Phi) is 3.55. The molecule has 1 atom stereocenters. The van der Waals surface area contributed by atoms with Crippen LogP contribution in [-0.2, 0) is 16.8 Å². The molecule has 0 saturated carbocycles. The van der Waals surface area contributed by atoms with Gasteiger partial charge in [0.25, 0.3) is 5.91 Å². The van der Waals surface area contributed by atoms with Crippen molar-refractivity contribution in [2.24, 2.45) is 10.7 Å². The molecule has 3 N–H and O–H groups in total. The monoisotopic (exact) mass is 295 g/mol. The number of benzene rings is 2. The van der Waals surface area contributed by atoms with E-state index in [4.69, 9.17) is 10.5 Å². The van der Waals surface area contributed by atoms with Gasteiger partial charge in [0.15, 0.2) is 11.5 Å². The average Bonchev–Trinajstić information content (AvgIpc) is 2.83. The van der Waals surface area contributed by atoms with Gasteiger partial charge in [-0.05, 0) is 23.3 Å². The van der Waals surface area contributed by atoms with E-state index in [0.717, 1.165) is 11.1 Å². The van der Waals surface area contributed by atoms with Crippen LogP contribution in [-0.4, -0.2) is 19.0 Å². The fraction of sp³-hybridized carbons (Fsp3) is 0.176. The number of methoxy groups -OCH3 is 1. The highest BCUT2D eigenvalue weighted by atomic mass is 16.5. The Labute approximate surface area is 128 Å². The predicted molar refractivity (Wildman–Crippen MR) is 84.6 cm³/mol. The van der Waals surface area contributed by atoms with Gasteiger partial charge in [-0.15, -0.1) is 0 Å². The van der Waals surface area contributed by atoms with Gasteiger partial charge in [-0.3, -0.25) is 10.1 Å². The van der Waals surface area contributed by atoms with Crippen LogP contribution in [0.3, 0.4) is 0 Å². The van der Waals surface area contributed by atoms with E-state index in [-0.39, 0.29) is 11.9 Å². The molecule has 3 rings (SSSR count). The molecule has 112 valence electrons. The molecule has 0 aliphatic carbocycles. The zero-order chi connectivity index (χ0) is 15.6. The summed E-state index contributed by atoms with van der Waals surface area (Å²) < 4.78 is 5.26. The zero-order valence-electron chi connectivity index (χ0n) is 12.2. The lowest BCUT2D eigenvalue weighted by molar-refractivity contribution is -0.124. The first kappa shape index (κ1) is 14.1.